The van der Waals surface area contributed by atoms with Gasteiger partial charge in [0.2, 0.25) is 0 Å². The molecule has 2 aromatic heterocycles. The van der Waals surface area contributed by atoms with Crippen LogP contribution in [0.1, 0.15) is 62.7 Å². The first-order valence-electron chi connectivity index (χ1n) is 12.4. The van der Waals surface area contributed by atoms with Gasteiger partial charge in [-0.15, -0.1) is 11.3 Å². The molecule has 1 aliphatic heterocycles. The molecule has 1 aliphatic carbocycles. The third kappa shape index (κ3) is 4.89. The normalized spacial score (nSPS) is 17.1. The fourth-order valence-electron chi connectivity index (χ4n) is 5.53. The molecule has 1 atom stereocenters. The van der Waals surface area contributed by atoms with E-state index in [1.807, 2.05) is 35.5 Å². The van der Waals surface area contributed by atoms with E-state index in [1.165, 1.54) is 17.4 Å². The van der Waals surface area contributed by atoms with Gasteiger partial charge in [-0.05, 0) is 73.9 Å². The van der Waals surface area contributed by atoms with Crippen LogP contribution in [0.5, 0.6) is 0 Å². The smallest absolute Gasteiger partial charge is 0.274 e. The number of amides is 2. The number of carbonyl (C=O) groups is 2. The number of likely N-dealkylation sites (N-methyl/N-ethyl adjacent to an activating group) is 1. The van der Waals surface area contributed by atoms with Gasteiger partial charge in [-0.3, -0.25) is 14.7 Å². The van der Waals surface area contributed by atoms with Gasteiger partial charge in [0.05, 0.1) is 4.88 Å². The molecule has 2 amide bonds. The highest BCUT2D eigenvalue weighted by molar-refractivity contribution is 7.12. The molecule has 0 unspecified atom stereocenters. The highest BCUT2D eigenvalue weighted by atomic mass is 32.1. The number of H-pyrrole nitrogens is 1. The van der Waals surface area contributed by atoms with Crippen LogP contribution < -0.4 is 0 Å². The van der Waals surface area contributed by atoms with Crippen LogP contribution in [0.3, 0.4) is 0 Å². The first-order chi connectivity index (χ1) is 17.0. The Morgan fingerprint density at radius 1 is 1.17 bits per heavy atom. The lowest BCUT2D eigenvalue weighted by atomic mass is 9.84. The molecule has 0 spiro atoms. The molecular formula is C27H31FN4O2S. The summed E-state index contributed by atoms with van der Waals surface area (Å²) in [5.74, 6) is -0.120. The van der Waals surface area contributed by atoms with Crippen LogP contribution in [-0.4, -0.2) is 58.0 Å². The Balaban J connectivity index is 1.31. The van der Waals surface area contributed by atoms with E-state index in [0.29, 0.717) is 35.6 Å². The average Bonchev–Trinajstić information content (AvgIpc) is 3.58. The van der Waals surface area contributed by atoms with Crippen LogP contribution >= 0.6 is 11.3 Å². The second-order valence-electron chi connectivity index (χ2n) is 9.62. The monoisotopic (exact) mass is 494 g/mol. The molecule has 35 heavy (non-hydrogen) atoms. The van der Waals surface area contributed by atoms with Crippen LogP contribution in [0, 0.1) is 11.7 Å². The number of halogens is 1. The van der Waals surface area contributed by atoms with E-state index in [9.17, 15) is 14.0 Å². The summed E-state index contributed by atoms with van der Waals surface area (Å²) in [5, 5.41) is 9.33. The summed E-state index contributed by atoms with van der Waals surface area (Å²) in [6.07, 6.45) is 6.07. The number of hydrogen-bond donors (Lipinski definition) is 1. The van der Waals surface area contributed by atoms with E-state index in [0.717, 1.165) is 49.8 Å². The molecular weight excluding hydrogens is 463 g/mol. The molecule has 3 heterocycles. The average molecular weight is 495 g/mol. The van der Waals surface area contributed by atoms with Gasteiger partial charge in [-0.2, -0.15) is 5.10 Å². The van der Waals surface area contributed by atoms with E-state index < -0.39 is 0 Å². The molecule has 184 valence electrons. The number of benzene rings is 1. The van der Waals surface area contributed by atoms with Crippen molar-refractivity contribution >= 4 is 23.2 Å². The van der Waals surface area contributed by atoms with Crippen molar-refractivity contribution in [2.75, 3.05) is 20.1 Å². The third-order valence-electron chi connectivity index (χ3n) is 7.57. The molecule has 5 rings (SSSR count). The molecule has 0 bridgehead atoms. The molecule has 0 saturated carbocycles. The number of rotatable bonds is 6. The maximum atomic E-state index is 14.6. The second-order valence-corrected chi connectivity index (χ2v) is 10.6. The lowest BCUT2D eigenvalue weighted by molar-refractivity contribution is 0.0520. The number of aromatic nitrogens is 2. The Morgan fingerprint density at radius 2 is 1.94 bits per heavy atom. The van der Waals surface area contributed by atoms with Crippen LogP contribution in [0.25, 0.3) is 0 Å². The largest absolute Gasteiger partial charge is 0.337 e. The second kappa shape index (κ2) is 10.3. The number of hydrogen-bond acceptors (Lipinski definition) is 4. The highest BCUT2D eigenvalue weighted by Crippen LogP contribution is 2.30. The topological polar surface area (TPSA) is 69.3 Å². The molecule has 1 saturated heterocycles. The zero-order valence-corrected chi connectivity index (χ0v) is 20.8. The van der Waals surface area contributed by atoms with Gasteiger partial charge in [0.15, 0.2) is 5.69 Å². The number of fused-ring (bicyclic) bond motifs is 1. The SMILES string of the molecule is CN(C(=O)c1cccs1)[C@@H](Cc1ccccc1F)C1CCN(C(=O)c2n[nH]c3c2CCCC3)CC1. The molecule has 6 nitrogen and oxygen atoms in total. The summed E-state index contributed by atoms with van der Waals surface area (Å²) in [6, 6.07) is 10.3. The zero-order valence-electron chi connectivity index (χ0n) is 20.0. The molecule has 3 aromatic rings. The number of thiophene rings is 1. The van der Waals surface area contributed by atoms with Crippen molar-refractivity contribution < 1.29 is 14.0 Å². The van der Waals surface area contributed by atoms with Crippen molar-refractivity contribution in [2.45, 2.75) is 51.0 Å². The zero-order chi connectivity index (χ0) is 24.4. The summed E-state index contributed by atoms with van der Waals surface area (Å²) >= 11 is 1.42. The van der Waals surface area contributed by atoms with Crippen molar-refractivity contribution in [2.24, 2.45) is 5.92 Å². The molecule has 1 N–H and O–H groups in total. The van der Waals surface area contributed by atoms with Gasteiger partial charge in [-0.1, -0.05) is 24.3 Å². The van der Waals surface area contributed by atoms with E-state index in [1.54, 1.807) is 17.0 Å². The lowest BCUT2D eigenvalue weighted by Crippen LogP contribution is -2.48. The summed E-state index contributed by atoms with van der Waals surface area (Å²) in [6.45, 7) is 1.22. The maximum absolute atomic E-state index is 14.6. The Labute approximate surface area is 209 Å². The molecule has 2 aliphatic rings. The molecule has 1 aromatic carbocycles. The van der Waals surface area contributed by atoms with Gasteiger partial charge >= 0.3 is 0 Å². The standard InChI is InChI=1S/C27H31FN4O2S/c1-31(26(33)24-11-6-16-35-24)23(17-19-7-2-4-9-21(19)28)18-12-14-32(15-13-18)27(34)25-20-8-3-5-10-22(20)29-30-25/h2,4,6-7,9,11,16,18,23H,3,5,8,10,12-15,17H2,1H3,(H,29,30)/t23-/m0/s1. The minimum Gasteiger partial charge on any atom is -0.337 e. The minimum absolute atomic E-state index is 0.00322. The van der Waals surface area contributed by atoms with Crippen molar-refractivity contribution in [3.8, 4) is 0 Å². The predicted octanol–water partition coefficient (Wildman–Crippen LogP) is 4.72. The van der Waals surface area contributed by atoms with Gasteiger partial charge in [0, 0.05) is 37.4 Å². The Hall–Kier alpha value is -3.00. The van der Waals surface area contributed by atoms with Crippen molar-refractivity contribution in [1.29, 1.82) is 0 Å². The van der Waals surface area contributed by atoms with Crippen molar-refractivity contribution in [3.05, 3.63) is 75.0 Å². The summed E-state index contributed by atoms with van der Waals surface area (Å²) in [7, 11) is 1.82. The van der Waals surface area contributed by atoms with E-state index in [-0.39, 0.29) is 29.6 Å². The number of aromatic amines is 1. The minimum atomic E-state index is -0.245. The molecule has 1 fully saturated rings. The fourth-order valence-corrected chi connectivity index (χ4v) is 6.23. The summed E-state index contributed by atoms with van der Waals surface area (Å²) in [4.78, 5) is 30.8. The molecule has 0 radical (unpaired) electrons. The number of nitrogens with zero attached hydrogens (tertiary/aromatic N) is 3. The lowest BCUT2D eigenvalue weighted by Gasteiger charge is -2.40. The first kappa shape index (κ1) is 23.7. The number of likely N-dealkylation sites (tertiary alicyclic amines) is 1. The third-order valence-corrected chi connectivity index (χ3v) is 8.42. The first-order valence-corrected chi connectivity index (χ1v) is 13.3. The number of carbonyl (C=O) groups excluding carboxylic acids is 2. The maximum Gasteiger partial charge on any atom is 0.274 e. The van der Waals surface area contributed by atoms with Gasteiger partial charge in [-0.25, -0.2) is 4.39 Å². The van der Waals surface area contributed by atoms with Crippen LogP contribution in [-0.2, 0) is 19.3 Å². The Bertz CT molecular complexity index is 1180. The van der Waals surface area contributed by atoms with Gasteiger partial charge < -0.3 is 9.80 Å². The van der Waals surface area contributed by atoms with Gasteiger partial charge in [0.1, 0.15) is 5.82 Å². The number of aryl methyl sites for hydroxylation is 1. The Morgan fingerprint density at radius 3 is 2.69 bits per heavy atom. The van der Waals surface area contributed by atoms with Crippen molar-refractivity contribution in [1.82, 2.24) is 20.0 Å². The number of nitrogens with one attached hydrogen (secondary N) is 1. The van der Waals surface area contributed by atoms with Crippen LogP contribution in [0.2, 0.25) is 0 Å². The highest BCUT2D eigenvalue weighted by Gasteiger charge is 2.35. The van der Waals surface area contributed by atoms with Gasteiger partial charge in [0.25, 0.3) is 11.8 Å². The quantitative estimate of drug-likeness (QED) is 0.539. The van der Waals surface area contributed by atoms with E-state index in [2.05, 4.69) is 10.2 Å². The number of piperidine rings is 1. The summed E-state index contributed by atoms with van der Waals surface area (Å²) in [5.41, 5.74) is 3.38. The predicted molar refractivity (Wildman–Crippen MR) is 134 cm³/mol. The molecule has 8 heteroatoms. The van der Waals surface area contributed by atoms with E-state index >= 15 is 0 Å². The van der Waals surface area contributed by atoms with Crippen LogP contribution in [0.15, 0.2) is 41.8 Å². The summed E-state index contributed by atoms with van der Waals surface area (Å²) < 4.78 is 14.6. The van der Waals surface area contributed by atoms with E-state index in [4.69, 9.17) is 0 Å². The Kier molecular flexibility index (Phi) is 7.00. The van der Waals surface area contributed by atoms with Crippen molar-refractivity contribution in [3.63, 3.8) is 0 Å². The van der Waals surface area contributed by atoms with Crippen LogP contribution in [0.4, 0.5) is 4.39 Å². The fraction of sp³-hybridized carbons (Fsp3) is 0.444.